The number of imidazole rings is 1. The van der Waals surface area contributed by atoms with E-state index >= 15 is 0 Å². The van der Waals surface area contributed by atoms with Crippen LogP contribution in [0.4, 0.5) is 0 Å². The van der Waals surface area contributed by atoms with Crippen molar-refractivity contribution in [3.8, 4) is 11.4 Å². The summed E-state index contributed by atoms with van der Waals surface area (Å²) in [5.74, 6) is -0.339. The number of benzene rings is 1. The molecule has 5 nitrogen and oxygen atoms in total. The van der Waals surface area contributed by atoms with Crippen molar-refractivity contribution in [2.75, 3.05) is 0 Å². The predicted octanol–water partition coefficient (Wildman–Crippen LogP) is 3.93. The lowest BCUT2D eigenvalue weighted by Gasteiger charge is -2.13. The van der Waals surface area contributed by atoms with Crippen molar-refractivity contribution in [2.45, 2.75) is 34.2 Å². The minimum absolute atomic E-state index is 0.220. The standard InChI is InChI=1S/C20H21N3O2/c1-12-5-6-14(3)17(7-12)11-23-18(20(24)25)15(4)22-19(23)16-8-13(2)9-21-10-16/h5-10H,11H2,1-4H3,(H,24,25). The Morgan fingerprint density at radius 1 is 1.08 bits per heavy atom. The van der Waals surface area contributed by atoms with Crippen molar-refractivity contribution in [1.82, 2.24) is 14.5 Å². The van der Waals surface area contributed by atoms with Gasteiger partial charge in [-0.15, -0.1) is 0 Å². The molecular formula is C20H21N3O2. The third kappa shape index (κ3) is 3.31. The lowest BCUT2D eigenvalue weighted by Crippen LogP contribution is -2.12. The molecule has 0 aliphatic rings. The zero-order valence-corrected chi connectivity index (χ0v) is 14.9. The van der Waals surface area contributed by atoms with E-state index in [1.54, 1.807) is 23.9 Å². The molecule has 0 bridgehead atoms. The van der Waals surface area contributed by atoms with E-state index in [4.69, 9.17) is 0 Å². The van der Waals surface area contributed by atoms with Crippen molar-refractivity contribution >= 4 is 5.97 Å². The van der Waals surface area contributed by atoms with E-state index < -0.39 is 5.97 Å². The van der Waals surface area contributed by atoms with Gasteiger partial charge in [0.25, 0.3) is 0 Å². The van der Waals surface area contributed by atoms with E-state index in [1.807, 2.05) is 26.8 Å². The third-order valence-corrected chi connectivity index (χ3v) is 4.31. The fourth-order valence-electron chi connectivity index (χ4n) is 3.04. The highest BCUT2D eigenvalue weighted by atomic mass is 16.4. The summed E-state index contributed by atoms with van der Waals surface area (Å²) in [7, 11) is 0. The molecule has 3 aromatic rings. The topological polar surface area (TPSA) is 68.0 Å². The first-order valence-electron chi connectivity index (χ1n) is 8.15. The van der Waals surface area contributed by atoms with E-state index in [-0.39, 0.29) is 5.69 Å². The summed E-state index contributed by atoms with van der Waals surface area (Å²) in [6, 6.07) is 8.18. The molecule has 0 radical (unpaired) electrons. The average molecular weight is 335 g/mol. The van der Waals surface area contributed by atoms with Gasteiger partial charge in [0.15, 0.2) is 5.69 Å². The maximum atomic E-state index is 11.8. The zero-order valence-electron chi connectivity index (χ0n) is 14.9. The Morgan fingerprint density at radius 2 is 1.84 bits per heavy atom. The Morgan fingerprint density at radius 3 is 2.52 bits per heavy atom. The number of carbonyl (C=O) groups is 1. The van der Waals surface area contributed by atoms with Crippen molar-refractivity contribution in [1.29, 1.82) is 0 Å². The van der Waals surface area contributed by atoms with Gasteiger partial charge >= 0.3 is 5.97 Å². The van der Waals surface area contributed by atoms with Crippen molar-refractivity contribution < 1.29 is 9.90 Å². The molecule has 1 N–H and O–H groups in total. The second-order valence-corrected chi connectivity index (χ2v) is 6.44. The minimum atomic E-state index is -0.970. The Hall–Kier alpha value is -2.95. The number of nitrogens with zero attached hydrogens (tertiary/aromatic N) is 3. The first-order chi connectivity index (χ1) is 11.9. The highest BCUT2D eigenvalue weighted by molar-refractivity contribution is 5.88. The maximum absolute atomic E-state index is 11.8. The summed E-state index contributed by atoms with van der Waals surface area (Å²) in [5.41, 5.74) is 5.91. The van der Waals surface area contributed by atoms with E-state index in [9.17, 15) is 9.90 Å². The van der Waals surface area contributed by atoms with Crippen molar-refractivity contribution in [2.24, 2.45) is 0 Å². The summed E-state index contributed by atoms with van der Waals surface area (Å²) in [5, 5.41) is 9.69. The number of rotatable bonds is 4. The van der Waals surface area contributed by atoms with Crippen molar-refractivity contribution in [3.05, 3.63) is 70.3 Å². The van der Waals surface area contributed by atoms with Crippen LogP contribution < -0.4 is 0 Å². The molecule has 0 aliphatic carbocycles. The van der Waals surface area contributed by atoms with Gasteiger partial charge in [-0.2, -0.15) is 0 Å². The molecule has 2 aromatic heterocycles. The zero-order chi connectivity index (χ0) is 18.1. The second kappa shape index (κ2) is 6.51. The van der Waals surface area contributed by atoms with Gasteiger partial charge in [-0.3, -0.25) is 4.98 Å². The number of pyridine rings is 1. The molecule has 2 heterocycles. The lowest BCUT2D eigenvalue weighted by atomic mass is 10.1. The molecule has 128 valence electrons. The molecule has 0 saturated carbocycles. The molecular weight excluding hydrogens is 314 g/mol. The molecule has 5 heteroatoms. The summed E-state index contributed by atoms with van der Waals surface area (Å²) in [6.07, 6.45) is 3.49. The molecule has 0 amide bonds. The van der Waals surface area contributed by atoms with Crippen LogP contribution in [-0.2, 0) is 6.54 Å². The minimum Gasteiger partial charge on any atom is -0.477 e. The van der Waals surface area contributed by atoms with Gasteiger partial charge in [0.2, 0.25) is 0 Å². The molecule has 3 rings (SSSR count). The van der Waals surface area contributed by atoms with Gasteiger partial charge in [-0.25, -0.2) is 9.78 Å². The van der Waals surface area contributed by atoms with E-state index in [2.05, 4.69) is 28.2 Å². The van der Waals surface area contributed by atoms with Gasteiger partial charge < -0.3 is 9.67 Å². The van der Waals surface area contributed by atoms with Crippen LogP contribution in [0.15, 0.2) is 36.7 Å². The highest BCUT2D eigenvalue weighted by Crippen LogP contribution is 2.25. The Kier molecular flexibility index (Phi) is 4.40. The lowest BCUT2D eigenvalue weighted by molar-refractivity contribution is 0.0685. The highest BCUT2D eigenvalue weighted by Gasteiger charge is 2.22. The second-order valence-electron chi connectivity index (χ2n) is 6.44. The van der Waals surface area contributed by atoms with Crippen LogP contribution in [0.5, 0.6) is 0 Å². The number of aryl methyl sites for hydroxylation is 4. The van der Waals surface area contributed by atoms with E-state index in [0.717, 1.165) is 27.8 Å². The first kappa shape index (κ1) is 16.9. The quantitative estimate of drug-likeness (QED) is 0.784. The van der Waals surface area contributed by atoms with Crippen LogP contribution in [0.2, 0.25) is 0 Å². The Balaban J connectivity index is 2.19. The third-order valence-electron chi connectivity index (χ3n) is 4.31. The summed E-state index contributed by atoms with van der Waals surface area (Å²) in [4.78, 5) is 20.6. The fraction of sp³-hybridized carbons (Fsp3) is 0.250. The maximum Gasteiger partial charge on any atom is 0.354 e. The number of carboxylic acids is 1. The summed E-state index contributed by atoms with van der Waals surface area (Å²) >= 11 is 0. The monoisotopic (exact) mass is 335 g/mol. The van der Waals surface area contributed by atoms with Gasteiger partial charge in [0.1, 0.15) is 5.82 Å². The van der Waals surface area contributed by atoms with Gasteiger partial charge in [0, 0.05) is 18.0 Å². The van der Waals surface area contributed by atoms with Crippen LogP contribution in [0.1, 0.15) is 38.4 Å². The van der Waals surface area contributed by atoms with Gasteiger partial charge in [0.05, 0.1) is 12.2 Å². The summed E-state index contributed by atoms with van der Waals surface area (Å²) < 4.78 is 1.77. The van der Waals surface area contributed by atoms with Crippen LogP contribution in [0.25, 0.3) is 11.4 Å². The molecule has 1 aromatic carbocycles. The largest absolute Gasteiger partial charge is 0.477 e. The molecule has 0 saturated heterocycles. The smallest absolute Gasteiger partial charge is 0.354 e. The molecule has 0 unspecified atom stereocenters. The molecule has 25 heavy (non-hydrogen) atoms. The van der Waals surface area contributed by atoms with Crippen LogP contribution in [-0.4, -0.2) is 25.6 Å². The number of hydrogen-bond acceptors (Lipinski definition) is 3. The number of aromatic nitrogens is 3. The summed E-state index contributed by atoms with van der Waals surface area (Å²) in [6.45, 7) is 8.22. The fourth-order valence-corrected chi connectivity index (χ4v) is 3.04. The predicted molar refractivity (Wildman–Crippen MR) is 96.9 cm³/mol. The van der Waals surface area contributed by atoms with E-state index in [1.165, 1.54) is 0 Å². The van der Waals surface area contributed by atoms with Crippen LogP contribution >= 0.6 is 0 Å². The number of carboxylic acid groups (broad SMARTS) is 1. The van der Waals surface area contributed by atoms with Gasteiger partial charge in [-0.1, -0.05) is 23.8 Å². The molecule has 0 fully saturated rings. The Bertz CT molecular complexity index is 958. The van der Waals surface area contributed by atoms with E-state index in [0.29, 0.717) is 18.1 Å². The SMILES string of the molecule is Cc1cncc(-c2nc(C)c(C(=O)O)n2Cc2cc(C)ccc2C)c1. The number of hydrogen-bond donors (Lipinski definition) is 1. The number of aromatic carboxylic acids is 1. The van der Waals surface area contributed by atoms with Crippen molar-refractivity contribution in [3.63, 3.8) is 0 Å². The first-order valence-corrected chi connectivity index (χ1v) is 8.15. The normalized spacial score (nSPS) is 10.9. The Labute approximate surface area is 147 Å². The van der Waals surface area contributed by atoms with Crippen LogP contribution in [0, 0.1) is 27.7 Å². The average Bonchev–Trinajstić information content (AvgIpc) is 2.87. The van der Waals surface area contributed by atoms with Crippen LogP contribution in [0.3, 0.4) is 0 Å². The molecule has 0 spiro atoms. The molecule has 0 atom stereocenters. The van der Waals surface area contributed by atoms with Gasteiger partial charge in [-0.05, 0) is 50.5 Å². The molecule has 0 aliphatic heterocycles.